The van der Waals surface area contributed by atoms with Crippen molar-refractivity contribution in [3.8, 4) is 0 Å². The maximum absolute atomic E-state index is 5.97. The monoisotopic (exact) mass is 193 g/mol. The van der Waals surface area contributed by atoms with E-state index in [-0.39, 0.29) is 6.04 Å². The average molecular weight is 193 g/mol. The van der Waals surface area contributed by atoms with Crippen molar-refractivity contribution in [3.05, 3.63) is 23.0 Å². The molecule has 1 atom stereocenters. The van der Waals surface area contributed by atoms with Crippen LogP contribution < -0.4 is 5.73 Å². The summed E-state index contributed by atoms with van der Waals surface area (Å²) in [6.07, 6.45) is 5.80. The maximum Gasteiger partial charge on any atom is 0.122 e. The number of nitrogens with two attached hydrogens (primary N) is 1. The lowest BCUT2D eigenvalue weighted by atomic mass is 9.95. The van der Waals surface area contributed by atoms with Gasteiger partial charge in [-0.05, 0) is 50.2 Å². The second-order valence-electron chi connectivity index (χ2n) is 4.50. The van der Waals surface area contributed by atoms with E-state index in [0.717, 1.165) is 24.7 Å². The van der Waals surface area contributed by atoms with Crippen molar-refractivity contribution >= 4 is 0 Å². The van der Waals surface area contributed by atoms with Gasteiger partial charge in [-0.1, -0.05) is 6.08 Å². The third-order valence-corrected chi connectivity index (χ3v) is 3.11. The Hall–Kier alpha value is -0.760. The van der Waals surface area contributed by atoms with Gasteiger partial charge >= 0.3 is 0 Å². The molecule has 0 aliphatic heterocycles. The molecule has 2 heteroatoms. The molecule has 2 nitrogen and oxygen atoms in total. The summed E-state index contributed by atoms with van der Waals surface area (Å²) in [5.41, 5.74) is 8.44. The molecule has 2 aliphatic rings. The fourth-order valence-electron chi connectivity index (χ4n) is 1.77. The highest BCUT2D eigenvalue weighted by molar-refractivity contribution is 5.35. The van der Waals surface area contributed by atoms with Crippen LogP contribution in [0.15, 0.2) is 23.0 Å². The minimum absolute atomic E-state index is 0.160. The molecule has 14 heavy (non-hydrogen) atoms. The van der Waals surface area contributed by atoms with Gasteiger partial charge in [0.2, 0.25) is 0 Å². The Balaban J connectivity index is 2.03. The van der Waals surface area contributed by atoms with Gasteiger partial charge in [-0.3, -0.25) is 0 Å². The molecule has 2 rings (SSSR count). The molecular weight excluding hydrogens is 174 g/mol. The molecule has 0 aromatic carbocycles. The Morgan fingerprint density at radius 3 is 2.79 bits per heavy atom. The van der Waals surface area contributed by atoms with Gasteiger partial charge in [0.15, 0.2) is 0 Å². The van der Waals surface area contributed by atoms with E-state index in [2.05, 4.69) is 19.9 Å². The molecule has 2 N–H and O–H groups in total. The van der Waals surface area contributed by atoms with Crippen LogP contribution in [-0.4, -0.2) is 12.6 Å². The van der Waals surface area contributed by atoms with Gasteiger partial charge in [-0.2, -0.15) is 0 Å². The first-order valence-electron chi connectivity index (χ1n) is 5.44. The maximum atomic E-state index is 5.97. The van der Waals surface area contributed by atoms with E-state index in [1.165, 1.54) is 24.0 Å². The van der Waals surface area contributed by atoms with Crippen molar-refractivity contribution in [2.24, 2.45) is 11.7 Å². The van der Waals surface area contributed by atoms with Crippen molar-refractivity contribution in [1.82, 2.24) is 0 Å². The number of rotatable bonds is 3. The minimum atomic E-state index is 0.160. The second kappa shape index (κ2) is 3.77. The zero-order valence-corrected chi connectivity index (χ0v) is 9.05. The predicted octanol–water partition coefficient (Wildman–Crippen LogP) is 2.36. The molecule has 0 bridgehead atoms. The van der Waals surface area contributed by atoms with Gasteiger partial charge in [0, 0.05) is 6.04 Å². The summed E-state index contributed by atoms with van der Waals surface area (Å²) >= 11 is 0. The lowest BCUT2D eigenvalue weighted by Crippen LogP contribution is -2.25. The third kappa shape index (κ3) is 2.01. The first-order valence-corrected chi connectivity index (χ1v) is 5.44. The highest BCUT2D eigenvalue weighted by Gasteiger charge is 2.24. The summed E-state index contributed by atoms with van der Waals surface area (Å²) in [4.78, 5) is 0. The van der Waals surface area contributed by atoms with Gasteiger partial charge in [0.05, 0.1) is 6.61 Å². The van der Waals surface area contributed by atoms with Crippen molar-refractivity contribution in [2.45, 2.75) is 39.2 Å². The Bertz CT molecular complexity index is 287. The molecule has 0 saturated heterocycles. The van der Waals surface area contributed by atoms with E-state index in [9.17, 15) is 0 Å². The standard InChI is InChI=1S/C12H19NO/c1-8-3-6-11(13)9(2)12(8)14-7-10-4-5-10/h3,10-11H,4-7,13H2,1-2H3. The number of allylic oxidation sites excluding steroid dienone is 1. The lowest BCUT2D eigenvalue weighted by Gasteiger charge is -2.22. The third-order valence-electron chi connectivity index (χ3n) is 3.11. The van der Waals surface area contributed by atoms with Crippen LogP contribution in [0.25, 0.3) is 0 Å². The Morgan fingerprint density at radius 2 is 2.14 bits per heavy atom. The van der Waals surface area contributed by atoms with Crippen LogP contribution in [-0.2, 0) is 4.74 Å². The fraction of sp³-hybridized carbons (Fsp3) is 0.667. The zero-order chi connectivity index (χ0) is 10.1. The van der Waals surface area contributed by atoms with Crippen LogP contribution in [0, 0.1) is 5.92 Å². The highest BCUT2D eigenvalue weighted by atomic mass is 16.5. The SMILES string of the molecule is CC1=CCC(N)C(C)=C1OCC1CC1. The molecule has 0 spiro atoms. The average Bonchev–Trinajstić information content (AvgIpc) is 2.95. The predicted molar refractivity (Wildman–Crippen MR) is 57.7 cm³/mol. The van der Waals surface area contributed by atoms with Crippen LogP contribution >= 0.6 is 0 Å². The van der Waals surface area contributed by atoms with Gasteiger partial charge in [-0.15, -0.1) is 0 Å². The molecular formula is C12H19NO. The highest BCUT2D eigenvalue weighted by Crippen LogP contribution is 2.32. The largest absolute Gasteiger partial charge is 0.493 e. The molecule has 2 aliphatic carbocycles. The summed E-state index contributed by atoms with van der Waals surface area (Å²) in [5.74, 6) is 1.86. The van der Waals surface area contributed by atoms with Crippen molar-refractivity contribution in [1.29, 1.82) is 0 Å². The zero-order valence-electron chi connectivity index (χ0n) is 9.05. The van der Waals surface area contributed by atoms with E-state index in [1.807, 2.05) is 0 Å². The topological polar surface area (TPSA) is 35.2 Å². The quantitative estimate of drug-likeness (QED) is 0.746. The van der Waals surface area contributed by atoms with E-state index in [4.69, 9.17) is 10.5 Å². The first-order chi connectivity index (χ1) is 6.68. The molecule has 1 unspecified atom stereocenters. The molecule has 0 aromatic heterocycles. The van der Waals surface area contributed by atoms with Crippen LogP contribution in [0.5, 0.6) is 0 Å². The van der Waals surface area contributed by atoms with Gasteiger partial charge in [-0.25, -0.2) is 0 Å². The molecule has 1 saturated carbocycles. The van der Waals surface area contributed by atoms with Crippen molar-refractivity contribution in [3.63, 3.8) is 0 Å². The van der Waals surface area contributed by atoms with Gasteiger partial charge < -0.3 is 10.5 Å². The van der Waals surface area contributed by atoms with E-state index in [1.54, 1.807) is 0 Å². The molecule has 0 aromatic rings. The van der Waals surface area contributed by atoms with Crippen LogP contribution in [0.2, 0.25) is 0 Å². The first kappa shape index (κ1) is 9.78. The fourth-order valence-corrected chi connectivity index (χ4v) is 1.77. The number of ether oxygens (including phenoxy) is 1. The van der Waals surface area contributed by atoms with Crippen LogP contribution in [0.3, 0.4) is 0 Å². The van der Waals surface area contributed by atoms with Gasteiger partial charge in [0.1, 0.15) is 5.76 Å². The van der Waals surface area contributed by atoms with E-state index in [0.29, 0.717) is 0 Å². The summed E-state index contributed by atoms with van der Waals surface area (Å²) in [6.45, 7) is 5.07. The summed E-state index contributed by atoms with van der Waals surface area (Å²) in [7, 11) is 0. The van der Waals surface area contributed by atoms with E-state index < -0.39 is 0 Å². The molecule has 0 amide bonds. The summed E-state index contributed by atoms with van der Waals surface area (Å²) in [6, 6.07) is 0.160. The molecule has 0 heterocycles. The lowest BCUT2D eigenvalue weighted by molar-refractivity contribution is 0.200. The van der Waals surface area contributed by atoms with Gasteiger partial charge in [0.25, 0.3) is 0 Å². The molecule has 1 fully saturated rings. The normalized spacial score (nSPS) is 27.6. The van der Waals surface area contributed by atoms with E-state index >= 15 is 0 Å². The van der Waals surface area contributed by atoms with Crippen LogP contribution in [0.4, 0.5) is 0 Å². The number of hydrogen-bond acceptors (Lipinski definition) is 2. The molecule has 0 radical (unpaired) electrons. The summed E-state index contributed by atoms with van der Waals surface area (Å²) < 4.78 is 5.83. The van der Waals surface area contributed by atoms with Crippen molar-refractivity contribution < 1.29 is 4.74 Å². The summed E-state index contributed by atoms with van der Waals surface area (Å²) in [5, 5.41) is 0. The smallest absolute Gasteiger partial charge is 0.122 e. The van der Waals surface area contributed by atoms with Crippen molar-refractivity contribution in [2.75, 3.05) is 6.61 Å². The number of hydrogen-bond donors (Lipinski definition) is 1. The minimum Gasteiger partial charge on any atom is -0.493 e. The Kier molecular flexibility index (Phi) is 2.64. The van der Waals surface area contributed by atoms with Crippen LogP contribution in [0.1, 0.15) is 33.1 Å². The molecule has 78 valence electrons. The second-order valence-corrected chi connectivity index (χ2v) is 4.50. The Morgan fingerprint density at radius 1 is 1.43 bits per heavy atom. The Labute approximate surface area is 85.8 Å².